The fourth-order valence-electron chi connectivity index (χ4n) is 2.11. The smallest absolute Gasteiger partial charge is 0.302 e. The Morgan fingerprint density at radius 2 is 2.08 bits per heavy atom. The van der Waals surface area contributed by atoms with Crippen LogP contribution in [0.1, 0.15) is 41.5 Å². The molecule has 1 aromatic heterocycles. The topological polar surface area (TPSA) is 42.0 Å². The number of rotatable bonds is 5. The molecule has 2 aromatic rings. The van der Waals surface area contributed by atoms with Crippen molar-refractivity contribution >= 4 is 34.0 Å². The van der Waals surface area contributed by atoms with Crippen LogP contribution in [0.4, 0.5) is 18.3 Å². The van der Waals surface area contributed by atoms with E-state index in [9.17, 15) is 18.0 Å². The van der Waals surface area contributed by atoms with Crippen LogP contribution in [0.2, 0.25) is 5.02 Å². The predicted molar refractivity (Wildman–Crippen MR) is 89.6 cm³/mol. The summed E-state index contributed by atoms with van der Waals surface area (Å²) in [7, 11) is 0. The van der Waals surface area contributed by atoms with Gasteiger partial charge in [-0.3, -0.25) is 4.79 Å². The number of hydrogen-bond acceptors (Lipinski definition) is 3. The van der Waals surface area contributed by atoms with Crippen molar-refractivity contribution in [3.05, 3.63) is 44.9 Å². The number of benzene rings is 1. The number of thiazole rings is 1. The van der Waals surface area contributed by atoms with Crippen molar-refractivity contribution in [3.8, 4) is 0 Å². The number of carbonyl (C=O) groups excluding carboxylic acids is 1. The van der Waals surface area contributed by atoms with Gasteiger partial charge >= 0.3 is 6.18 Å². The van der Waals surface area contributed by atoms with Crippen molar-refractivity contribution < 1.29 is 18.0 Å². The number of aromatic nitrogens is 1. The summed E-state index contributed by atoms with van der Waals surface area (Å²) in [5.74, 6) is -0.130. The molecule has 2 rings (SSSR count). The zero-order chi connectivity index (χ0) is 17.9. The molecule has 1 heterocycles. The summed E-state index contributed by atoms with van der Waals surface area (Å²) < 4.78 is 38.5. The third-order valence-electron chi connectivity index (χ3n) is 3.34. The first-order chi connectivity index (χ1) is 11.2. The highest BCUT2D eigenvalue weighted by atomic mass is 35.5. The van der Waals surface area contributed by atoms with Crippen LogP contribution in [-0.4, -0.2) is 10.9 Å². The minimum absolute atomic E-state index is 0.130. The van der Waals surface area contributed by atoms with E-state index in [1.165, 1.54) is 17.4 Å². The minimum Gasteiger partial charge on any atom is -0.302 e. The minimum atomic E-state index is -4.42. The second-order valence-corrected chi connectivity index (χ2v) is 6.80. The quantitative estimate of drug-likeness (QED) is 0.753. The Hall–Kier alpha value is -1.60. The van der Waals surface area contributed by atoms with Crippen LogP contribution in [0.5, 0.6) is 0 Å². The Morgan fingerprint density at radius 1 is 1.38 bits per heavy atom. The van der Waals surface area contributed by atoms with E-state index in [0.717, 1.165) is 23.4 Å². The van der Waals surface area contributed by atoms with E-state index in [2.05, 4.69) is 10.3 Å². The SMILES string of the molecule is CCCC(=O)Nc1nc(C)c(Cc2cc(C(F)(F)F)ccc2Cl)s1. The van der Waals surface area contributed by atoms with E-state index in [1.807, 2.05) is 6.92 Å². The molecule has 24 heavy (non-hydrogen) atoms. The molecule has 0 aliphatic heterocycles. The molecule has 1 N–H and O–H groups in total. The Kier molecular flexibility index (Phi) is 5.87. The molecule has 0 spiro atoms. The number of nitrogens with one attached hydrogen (secondary N) is 1. The monoisotopic (exact) mass is 376 g/mol. The van der Waals surface area contributed by atoms with Crippen molar-refractivity contribution in [3.63, 3.8) is 0 Å². The highest BCUT2D eigenvalue weighted by Gasteiger charge is 2.31. The first-order valence-electron chi connectivity index (χ1n) is 7.32. The maximum Gasteiger partial charge on any atom is 0.416 e. The van der Waals surface area contributed by atoms with Crippen LogP contribution in [0.15, 0.2) is 18.2 Å². The van der Waals surface area contributed by atoms with E-state index < -0.39 is 11.7 Å². The van der Waals surface area contributed by atoms with Crippen molar-refractivity contribution in [2.75, 3.05) is 5.32 Å². The third-order valence-corrected chi connectivity index (χ3v) is 4.78. The maximum absolute atomic E-state index is 12.8. The fourth-order valence-corrected chi connectivity index (χ4v) is 3.30. The van der Waals surface area contributed by atoms with Crippen molar-refractivity contribution in [1.82, 2.24) is 4.98 Å². The van der Waals surface area contributed by atoms with Crippen molar-refractivity contribution in [1.29, 1.82) is 0 Å². The molecule has 0 saturated heterocycles. The van der Waals surface area contributed by atoms with Gasteiger partial charge in [-0.1, -0.05) is 18.5 Å². The molecule has 3 nitrogen and oxygen atoms in total. The van der Waals surface area contributed by atoms with Gasteiger partial charge in [-0.05, 0) is 37.1 Å². The Morgan fingerprint density at radius 3 is 2.71 bits per heavy atom. The second kappa shape index (κ2) is 7.53. The molecule has 0 atom stereocenters. The van der Waals surface area contributed by atoms with E-state index in [0.29, 0.717) is 22.8 Å². The van der Waals surface area contributed by atoms with Crippen LogP contribution in [0, 0.1) is 6.92 Å². The summed E-state index contributed by atoms with van der Waals surface area (Å²) in [5.41, 5.74) is 0.311. The highest BCUT2D eigenvalue weighted by molar-refractivity contribution is 7.15. The van der Waals surface area contributed by atoms with Gasteiger partial charge in [0.1, 0.15) is 0 Å². The Labute approximate surface area is 146 Å². The van der Waals surface area contributed by atoms with Gasteiger partial charge in [-0.2, -0.15) is 13.2 Å². The summed E-state index contributed by atoms with van der Waals surface area (Å²) in [5, 5.41) is 3.41. The lowest BCUT2D eigenvalue weighted by Crippen LogP contribution is -2.10. The number of anilines is 1. The van der Waals surface area contributed by atoms with E-state index in [1.54, 1.807) is 6.92 Å². The summed E-state index contributed by atoms with van der Waals surface area (Å²) in [4.78, 5) is 16.6. The van der Waals surface area contributed by atoms with E-state index in [4.69, 9.17) is 11.6 Å². The number of aryl methyl sites for hydroxylation is 1. The van der Waals surface area contributed by atoms with Gasteiger partial charge in [-0.15, -0.1) is 11.3 Å². The lowest BCUT2D eigenvalue weighted by atomic mass is 10.1. The fraction of sp³-hybridized carbons (Fsp3) is 0.375. The van der Waals surface area contributed by atoms with E-state index in [-0.39, 0.29) is 17.4 Å². The third kappa shape index (κ3) is 4.70. The average molecular weight is 377 g/mol. The molecule has 0 unspecified atom stereocenters. The van der Waals surface area contributed by atoms with Gasteiger partial charge in [0, 0.05) is 22.7 Å². The van der Waals surface area contributed by atoms with Gasteiger partial charge in [0.05, 0.1) is 11.3 Å². The van der Waals surface area contributed by atoms with Crippen LogP contribution < -0.4 is 5.32 Å². The van der Waals surface area contributed by atoms with Gasteiger partial charge in [0.25, 0.3) is 0 Å². The lowest BCUT2D eigenvalue weighted by Gasteiger charge is -2.10. The van der Waals surface area contributed by atoms with Crippen LogP contribution in [0.3, 0.4) is 0 Å². The molecule has 0 radical (unpaired) electrons. The molecular weight excluding hydrogens is 361 g/mol. The zero-order valence-electron chi connectivity index (χ0n) is 13.1. The van der Waals surface area contributed by atoms with Gasteiger partial charge in [-0.25, -0.2) is 4.98 Å². The first-order valence-corrected chi connectivity index (χ1v) is 8.52. The summed E-state index contributed by atoms with van der Waals surface area (Å²) in [6, 6.07) is 3.26. The molecule has 130 valence electrons. The average Bonchev–Trinajstić information content (AvgIpc) is 2.80. The number of carbonyl (C=O) groups is 1. The second-order valence-electron chi connectivity index (χ2n) is 5.31. The number of nitrogens with zero attached hydrogens (tertiary/aromatic N) is 1. The summed E-state index contributed by atoms with van der Waals surface area (Å²) in [6.07, 6.45) is -3.06. The molecular formula is C16H16ClF3N2OS. The summed E-state index contributed by atoms with van der Waals surface area (Å²) in [6.45, 7) is 3.65. The van der Waals surface area contributed by atoms with Crippen LogP contribution >= 0.6 is 22.9 Å². The van der Waals surface area contributed by atoms with Gasteiger partial charge in [0.2, 0.25) is 5.91 Å². The van der Waals surface area contributed by atoms with Crippen LogP contribution in [-0.2, 0) is 17.4 Å². The number of amides is 1. The van der Waals surface area contributed by atoms with Gasteiger partial charge < -0.3 is 5.32 Å². The molecule has 1 aromatic carbocycles. The van der Waals surface area contributed by atoms with Gasteiger partial charge in [0.15, 0.2) is 5.13 Å². The number of halogens is 4. The Bertz CT molecular complexity index is 743. The standard InChI is InChI=1S/C16H16ClF3N2OS/c1-3-4-14(23)22-15-21-9(2)13(24-15)8-10-7-11(16(18,19)20)5-6-12(10)17/h5-7H,3-4,8H2,1-2H3,(H,21,22,23). The predicted octanol–water partition coefficient (Wildman–Crippen LogP) is 5.45. The molecule has 0 fully saturated rings. The number of hydrogen-bond donors (Lipinski definition) is 1. The molecule has 0 bridgehead atoms. The maximum atomic E-state index is 12.8. The van der Waals surface area contributed by atoms with Crippen LogP contribution in [0.25, 0.3) is 0 Å². The lowest BCUT2D eigenvalue weighted by molar-refractivity contribution is -0.137. The molecule has 8 heteroatoms. The first kappa shape index (κ1) is 18.7. The molecule has 0 aliphatic carbocycles. The summed E-state index contributed by atoms with van der Waals surface area (Å²) >= 11 is 7.28. The highest BCUT2D eigenvalue weighted by Crippen LogP contribution is 2.34. The largest absolute Gasteiger partial charge is 0.416 e. The molecule has 0 aliphatic rings. The van der Waals surface area contributed by atoms with Crippen molar-refractivity contribution in [2.45, 2.75) is 39.3 Å². The normalized spacial score (nSPS) is 11.6. The Balaban J connectivity index is 2.22. The zero-order valence-corrected chi connectivity index (χ0v) is 14.7. The number of alkyl halides is 3. The molecule has 0 saturated carbocycles. The van der Waals surface area contributed by atoms with E-state index >= 15 is 0 Å². The molecule has 1 amide bonds. The van der Waals surface area contributed by atoms with Crippen molar-refractivity contribution in [2.24, 2.45) is 0 Å².